The number of rotatable bonds is 5. The summed E-state index contributed by atoms with van der Waals surface area (Å²) in [6, 6.07) is 10.5. The minimum atomic E-state index is -0.158. The van der Waals surface area contributed by atoms with E-state index in [9.17, 15) is 5.11 Å². The van der Waals surface area contributed by atoms with Gasteiger partial charge in [0.1, 0.15) is 0 Å². The Kier molecular flexibility index (Phi) is 3.55. The van der Waals surface area contributed by atoms with Crippen molar-refractivity contribution >= 4 is 0 Å². The minimum Gasteiger partial charge on any atom is -0.391 e. The number of aliphatic hydroxyl groups excluding tert-OH is 1. The molecular formula is C19H27NO. The lowest BCUT2D eigenvalue weighted by Crippen LogP contribution is -2.54. The molecule has 114 valence electrons. The molecule has 1 aromatic carbocycles. The van der Waals surface area contributed by atoms with Crippen LogP contribution in [0.15, 0.2) is 30.3 Å². The highest BCUT2D eigenvalue weighted by atomic mass is 16.3. The van der Waals surface area contributed by atoms with Gasteiger partial charge in [-0.25, -0.2) is 0 Å². The highest BCUT2D eigenvalue weighted by Crippen LogP contribution is 2.61. The van der Waals surface area contributed by atoms with Crippen molar-refractivity contribution in [1.82, 2.24) is 5.32 Å². The Bertz CT molecular complexity index is 448. The number of hydrogen-bond donors (Lipinski definition) is 2. The molecule has 0 unspecified atom stereocenters. The maximum atomic E-state index is 10.8. The molecule has 2 heteroatoms. The second-order valence-electron chi connectivity index (χ2n) is 7.91. The average Bonchev–Trinajstić information content (AvgIpc) is 2.47. The Balaban J connectivity index is 1.35. The first-order chi connectivity index (χ1) is 10.2. The molecule has 0 saturated heterocycles. The monoisotopic (exact) mass is 285 g/mol. The molecule has 1 aromatic rings. The van der Waals surface area contributed by atoms with Crippen molar-refractivity contribution in [3.05, 3.63) is 35.9 Å². The number of hydrogen-bond acceptors (Lipinski definition) is 2. The second kappa shape index (κ2) is 5.40. The van der Waals surface area contributed by atoms with E-state index >= 15 is 0 Å². The van der Waals surface area contributed by atoms with Gasteiger partial charge in [0.05, 0.1) is 6.10 Å². The second-order valence-corrected chi connectivity index (χ2v) is 7.91. The molecule has 4 bridgehead atoms. The topological polar surface area (TPSA) is 32.3 Å². The fraction of sp³-hybridized carbons (Fsp3) is 0.684. The predicted molar refractivity (Wildman–Crippen MR) is 84.8 cm³/mol. The van der Waals surface area contributed by atoms with E-state index in [-0.39, 0.29) is 11.5 Å². The Morgan fingerprint density at radius 1 is 1.00 bits per heavy atom. The van der Waals surface area contributed by atoms with Crippen molar-refractivity contribution in [2.24, 2.45) is 23.2 Å². The summed E-state index contributed by atoms with van der Waals surface area (Å²) in [6.45, 7) is 1.62. The fourth-order valence-electron chi connectivity index (χ4n) is 5.75. The summed E-state index contributed by atoms with van der Waals surface area (Å²) >= 11 is 0. The zero-order valence-corrected chi connectivity index (χ0v) is 12.8. The Hall–Kier alpha value is -0.860. The van der Waals surface area contributed by atoms with Gasteiger partial charge < -0.3 is 10.4 Å². The molecule has 4 aliphatic carbocycles. The summed E-state index contributed by atoms with van der Waals surface area (Å²) in [5.74, 6) is 2.75. The van der Waals surface area contributed by atoms with Gasteiger partial charge in [0.25, 0.3) is 0 Å². The van der Waals surface area contributed by atoms with Crippen LogP contribution in [0.3, 0.4) is 0 Å². The standard InChI is InChI=1S/C19H27NO/c21-18(13-20-12-14-4-2-1-3-5-14)19-9-15-6-16(10-19)8-17(7-15)11-19/h1-5,15-18,20-21H,6-13H2/t15?,16?,17?,18-,19?/m1/s1. The SMILES string of the molecule is O[C@H](CNCc1ccccc1)C12CC3CC(CC(C3)C1)C2. The van der Waals surface area contributed by atoms with Gasteiger partial charge in [-0.1, -0.05) is 30.3 Å². The van der Waals surface area contributed by atoms with Crippen LogP contribution in [-0.4, -0.2) is 17.8 Å². The van der Waals surface area contributed by atoms with Crippen molar-refractivity contribution in [1.29, 1.82) is 0 Å². The van der Waals surface area contributed by atoms with Crippen molar-refractivity contribution < 1.29 is 5.11 Å². The van der Waals surface area contributed by atoms with Crippen molar-refractivity contribution in [2.45, 2.75) is 51.2 Å². The average molecular weight is 285 g/mol. The van der Waals surface area contributed by atoms with E-state index in [4.69, 9.17) is 0 Å². The summed E-state index contributed by atoms with van der Waals surface area (Å²) < 4.78 is 0. The highest BCUT2D eigenvalue weighted by molar-refractivity contribution is 5.14. The first kappa shape index (κ1) is 13.8. The molecule has 4 aliphatic rings. The summed E-state index contributed by atoms with van der Waals surface area (Å²) in [4.78, 5) is 0. The van der Waals surface area contributed by atoms with Crippen LogP contribution in [0.2, 0.25) is 0 Å². The van der Waals surface area contributed by atoms with Crippen LogP contribution in [0.25, 0.3) is 0 Å². The van der Waals surface area contributed by atoms with Crippen LogP contribution >= 0.6 is 0 Å². The summed E-state index contributed by atoms with van der Waals surface area (Å²) in [5, 5.41) is 14.3. The van der Waals surface area contributed by atoms with Crippen molar-refractivity contribution in [3.63, 3.8) is 0 Å². The molecule has 4 saturated carbocycles. The van der Waals surface area contributed by atoms with Gasteiger partial charge in [-0.15, -0.1) is 0 Å². The minimum absolute atomic E-state index is 0.158. The quantitative estimate of drug-likeness (QED) is 0.869. The molecule has 4 fully saturated rings. The molecule has 2 nitrogen and oxygen atoms in total. The predicted octanol–water partition coefficient (Wildman–Crippen LogP) is 3.35. The number of benzene rings is 1. The third-order valence-electron chi connectivity index (χ3n) is 6.30. The van der Waals surface area contributed by atoms with Crippen LogP contribution < -0.4 is 5.32 Å². The van der Waals surface area contributed by atoms with Crippen LogP contribution in [0.4, 0.5) is 0 Å². The molecule has 0 aromatic heterocycles. The lowest BCUT2D eigenvalue weighted by atomic mass is 9.48. The Morgan fingerprint density at radius 2 is 1.57 bits per heavy atom. The van der Waals surface area contributed by atoms with Crippen LogP contribution in [0.1, 0.15) is 44.1 Å². The van der Waals surface area contributed by atoms with E-state index in [0.717, 1.165) is 30.8 Å². The maximum Gasteiger partial charge on any atom is 0.0721 e. The molecule has 0 heterocycles. The van der Waals surface area contributed by atoms with Gasteiger partial charge in [0.2, 0.25) is 0 Å². The Labute approximate surface area is 128 Å². The van der Waals surface area contributed by atoms with Crippen LogP contribution in [0.5, 0.6) is 0 Å². The maximum absolute atomic E-state index is 10.8. The van der Waals surface area contributed by atoms with Gasteiger partial charge in [-0.2, -0.15) is 0 Å². The third kappa shape index (κ3) is 2.64. The van der Waals surface area contributed by atoms with E-state index < -0.39 is 0 Å². The fourth-order valence-corrected chi connectivity index (χ4v) is 5.75. The Morgan fingerprint density at radius 3 is 2.14 bits per heavy atom. The van der Waals surface area contributed by atoms with Gasteiger partial charge in [0, 0.05) is 13.1 Å². The van der Waals surface area contributed by atoms with E-state index in [2.05, 4.69) is 29.6 Å². The normalized spacial score (nSPS) is 38.6. The lowest BCUT2D eigenvalue weighted by molar-refractivity contribution is -0.118. The van der Waals surface area contributed by atoms with Gasteiger partial charge >= 0.3 is 0 Å². The molecule has 0 amide bonds. The van der Waals surface area contributed by atoms with Crippen molar-refractivity contribution in [2.75, 3.05) is 6.54 Å². The van der Waals surface area contributed by atoms with Gasteiger partial charge in [-0.05, 0) is 67.3 Å². The first-order valence-electron chi connectivity index (χ1n) is 8.66. The summed E-state index contributed by atoms with van der Waals surface area (Å²) in [6.07, 6.45) is 8.04. The molecule has 5 rings (SSSR count). The lowest BCUT2D eigenvalue weighted by Gasteiger charge is -2.58. The first-order valence-corrected chi connectivity index (χ1v) is 8.66. The van der Waals surface area contributed by atoms with E-state index in [0.29, 0.717) is 0 Å². The van der Waals surface area contributed by atoms with E-state index in [1.54, 1.807) is 0 Å². The number of aliphatic hydroxyl groups is 1. The molecule has 2 N–H and O–H groups in total. The van der Waals surface area contributed by atoms with Crippen LogP contribution in [-0.2, 0) is 6.54 Å². The van der Waals surface area contributed by atoms with Crippen molar-refractivity contribution in [3.8, 4) is 0 Å². The summed E-state index contributed by atoms with van der Waals surface area (Å²) in [5.41, 5.74) is 1.55. The molecule has 1 atom stereocenters. The molecule has 0 aliphatic heterocycles. The van der Waals surface area contributed by atoms with Gasteiger partial charge in [-0.3, -0.25) is 0 Å². The molecular weight excluding hydrogens is 258 g/mol. The van der Waals surface area contributed by atoms with E-state index in [1.165, 1.54) is 44.1 Å². The zero-order chi connectivity index (χ0) is 14.3. The smallest absolute Gasteiger partial charge is 0.0721 e. The summed E-state index contributed by atoms with van der Waals surface area (Å²) in [7, 11) is 0. The van der Waals surface area contributed by atoms with Crippen LogP contribution in [0, 0.1) is 23.2 Å². The van der Waals surface area contributed by atoms with E-state index in [1.807, 2.05) is 6.07 Å². The third-order valence-corrected chi connectivity index (χ3v) is 6.30. The van der Waals surface area contributed by atoms with Gasteiger partial charge in [0.15, 0.2) is 0 Å². The number of nitrogens with one attached hydrogen (secondary N) is 1. The zero-order valence-electron chi connectivity index (χ0n) is 12.8. The largest absolute Gasteiger partial charge is 0.391 e. The molecule has 21 heavy (non-hydrogen) atoms. The molecule has 0 radical (unpaired) electrons. The molecule has 0 spiro atoms. The highest BCUT2D eigenvalue weighted by Gasteiger charge is 2.53.